The Kier molecular flexibility index (Phi) is 10.6. The van der Waals surface area contributed by atoms with Crippen LogP contribution in [0.4, 0.5) is 0 Å². The molecule has 0 aliphatic carbocycles. The molecular weight excluding hydrogens is 286 g/mol. The number of nitrogens with one attached hydrogen (secondary N) is 1. The Balaban J connectivity index is 4.46. The monoisotopic (exact) mass is 321 g/mol. The van der Waals surface area contributed by atoms with E-state index in [1.54, 1.807) is 21.3 Å². The summed E-state index contributed by atoms with van der Waals surface area (Å²) in [5.74, 6) is 0. The summed E-state index contributed by atoms with van der Waals surface area (Å²) in [6, 6.07) is 0.832. The molecule has 1 atom stereocenters. The Labute approximate surface area is 131 Å². The quantitative estimate of drug-likeness (QED) is 0.491. The van der Waals surface area contributed by atoms with Gasteiger partial charge in [0.1, 0.15) is 0 Å². The summed E-state index contributed by atoms with van der Waals surface area (Å²) < 4.78 is 16.4. The molecule has 0 rings (SSSR count). The largest absolute Gasteiger partial charge is 0.500 e. The van der Waals surface area contributed by atoms with Gasteiger partial charge in [0.15, 0.2) is 0 Å². The summed E-state index contributed by atoms with van der Waals surface area (Å²) in [5.41, 5.74) is 5.71. The molecule has 0 fully saturated rings. The van der Waals surface area contributed by atoms with Crippen molar-refractivity contribution in [2.24, 2.45) is 5.73 Å². The zero-order chi connectivity index (χ0) is 16.4. The van der Waals surface area contributed by atoms with Crippen molar-refractivity contribution < 1.29 is 13.3 Å². The highest BCUT2D eigenvalue weighted by Crippen LogP contribution is 2.23. The first-order valence-electron chi connectivity index (χ1n) is 7.62. The molecule has 0 amide bonds. The highest BCUT2D eigenvalue weighted by atomic mass is 28.4. The molecule has 0 aliphatic rings. The Morgan fingerprint density at radius 2 is 1.67 bits per heavy atom. The third kappa shape index (κ3) is 8.25. The highest BCUT2D eigenvalue weighted by Gasteiger charge is 2.37. The number of rotatable bonds is 13. The van der Waals surface area contributed by atoms with E-state index < -0.39 is 8.80 Å². The normalized spacial score (nSPS) is 15.4. The summed E-state index contributed by atoms with van der Waals surface area (Å²) in [7, 11) is 6.73. The molecule has 1 unspecified atom stereocenters. The number of nitrogens with two attached hydrogens (primary N) is 1. The SMILES string of the molecule is CO[Si](CCCC(C)(CCN(C)C)NCCN)(OC)OC. The molecule has 0 heterocycles. The van der Waals surface area contributed by atoms with Crippen LogP contribution in [0.15, 0.2) is 0 Å². The third-order valence-electron chi connectivity index (χ3n) is 3.95. The van der Waals surface area contributed by atoms with E-state index in [-0.39, 0.29) is 5.54 Å². The van der Waals surface area contributed by atoms with Crippen molar-refractivity contribution in [1.82, 2.24) is 10.2 Å². The van der Waals surface area contributed by atoms with Gasteiger partial charge in [0.25, 0.3) is 0 Å². The van der Waals surface area contributed by atoms with Gasteiger partial charge in [-0.1, -0.05) is 0 Å². The molecule has 3 N–H and O–H groups in total. The molecule has 0 spiro atoms. The van der Waals surface area contributed by atoms with E-state index in [1.807, 2.05) is 0 Å². The number of hydrogen-bond donors (Lipinski definition) is 2. The van der Waals surface area contributed by atoms with Crippen molar-refractivity contribution in [3.63, 3.8) is 0 Å². The smallest absolute Gasteiger partial charge is 0.377 e. The fraction of sp³-hybridized carbons (Fsp3) is 1.00. The second-order valence-corrected chi connectivity index (χ2v) is 9.07. The maximum absolute atomic E-state index is 5.63. The minimum absolute atomic E-state index is 0.0823. The zero-order valence-corrected chi connectivity index (χ0v) is 15.7. The molecule has 0 bridgehead atoms. The van der Waals surface area contributed by atoms with Gasteiger partial charge in [0.2, 0.25) is 0 Å². The van der Waals surface area contributed by atoms with Gasteiger partial charge in [-0.3, -0.25) is 0 Å². The maximum Gasteiger partial charge on any atom is 0.500 e. The van der Waals surface area contributed by atoms with E-state index in [9.17, 15) is 0 Å². The van der Waals surface area contributed by atoms with Crippen molar-refractivity contribution >= 4 is 8.80 Å². The van der Waals surface area contributed by atoms with Crippen LogP contribution in [-0.4, -0.2) is 74.3 Å². The van der Waals surface area contributed by atoms with Crippen LogP contribution in [0, 0.1) is 0 Å². The molecule has 0 aromatic carbocycles. The summed E-state index contributed by atoms with van der Waals surface area (Å²) in [5, 5.41) is 3.58. The van der Waals surface area contributed by atoms with Gasteiger partial charge in [0, 0.05) is 46.0 Å². The van der Waals surface area contributed by atoms with E-state index in [1.165, 1.54) is 0 Å². The van der Waals surface area contributed by atoms with Gasteiger partial charge in [-0.15, -0.1) is 0 Å². The number of hydrogen-bond acceptors (Lipinski definition) is 6. The van der Waals surface area contributed by atoms with Gasteiger partial charge < -0.3 is 29.2 Å². The second kappa shape index (κ2) is 10.7. The minimum atomic E-state index is -2.46. The van der Waals surface area contributed by atoms with Crippen LogP contribution < -0.4 is 11.1 Å². The second-order valence-electron chi connectivity index (χ2n) is 5.98. The van der Waals surface area contributed by atoms with Crippen LogP contribution in [0.25, 0.3) is 0 Å². The average molecular weight is 322 g/mol. The summed E-state index contributed by atoms with van der Waals surface area (Å²) in [4.78, 5) is 2.21. The summed E-state index contributed by atoms with van der Waals surface area (Å²) >= 11 is 0. The van der Waals surface area contributed by atoms with Crippen molar-refractivity contribution in [1.29, 1.82) is 0 Å². The van der Waals surface area contributed by atoms with E-state index in [2.05, 4.69) is 31.2 Å². The predicted octanol–water partition coefficient (Wildman–Crippen LogP) is 0.903. The highest BCUT2D eigenvalue weighted by molar-refractivity contribution is 6.60. The minimum Gasteiger partial charge on any atom is -0.377 e. The van der Waals surface area contributed by atoms with Crippen LogP contribution in [0.2, 0.25) is 6.04 Å². The predicted molar refractivity (Wildman–Crippen MR) is 89.5 cm³/mol. The molecule has 0 radical (unpaired) electrons. The molecule has 128 valence electrons. The van der Waals surface area contributed by atoms with E-state index in [4.69, 9.17) is 19.0 Å². The fourth-order valence-corrected chi connectivity index (χ4v) is 4.12. The lowest BCUT2D eigenvalue weighted by atomic mass is 9.92. The van der Waals surface area contributed by atoms with Gasteiger partial charge in [0.05, 0.1) is 0 Å². The van der Waals surface area contributed by atoms with Crippen LogP contribution in [0.3, 0.4) is 0 Å². The Bertz CT molecular complexity index is 258. The van der Waals surface area contributed by atoms with Crippen LogP contribution >= 0.6 is 0 Å². The summed E-state index contributed by atoms with van der Waals surface area (Å²) in [6.45, 7) is 4.81. The lowest BCUT2D eigenvalue weighted by Gasteiger charge is -2.33. The van der Waals surface area contributed by atoms with Crippen molar-refractivity contribution in [2.75, 3.05) is 55.1 Å². The van der Waals surface area contributed by atoms with Crippen LogP contribution in [0.5, 0.6) is 0 Å². The first-order valence-corrected chi connectivity index (χ1v) is 9.55. The van der Waals surface area contributed by atoms with Crippen molar-refractivity contribution in [3.05, 3.63) is 0 Å². The van der Waals surface area contributed by atoms with Crippen LogP contribution in [-0.2, 0) is 13.3 Å². The zero-order valence-electron chi connectivity index (χ0n) is 14.7. The Morgan fingerprint density at radius 1 is 1.10 bits per heavy atom. The van der Waals surface area contributed by atoms with Gasteiger partial charge in [-0.2, -0.15) is 0 Å². The van der Waals surface area contributed by atoms with E-state index in [0.29, 0.717) is 6.54 Å². The lowest BCUT2D eigenvalue weighted by Crippen LogP contribution is -2.47. The van der Waals surface area contributed by atoms with Crippen LogP contribution in [0.1, 0.15) is 26.2 Å². The first-order chi connectivity index (χ1) is 9.87. The van der Waals surface area contributed by atoms with Gasteiger partial charge >= 0.3 is 8.80 Å². The molecule has 0 aromatic heterocycles. The van der Waals surface area contributed by atoms with Crippen molar-refractivity contribution in [3.8, 4) is 0 Å². The lowest BCUT2D eigenvalue weighted by molar-refractivity contribution is 0.121. The summed E-state index contributed by atoms with van der Waals surface area (Å²) in [6.07, 6.45) is 3.14. The Morgan fingerprint density at radius 3 is 2.10 bits per heavy atom. The van der Waals surface area contributed by atoms with Gasteiger partial charge in [-0.05, 0) is 46.8 Å². The third-order valence-corrected chi connectivity index (χ3v) is 6.78. The fourth-order valence-electron chi connectivity index (χ4n) is 2.40. The van der Waals surface area contributed by atoms with Crippen molar-refractivity contribution in [2.45, 2.75) is 37.8 Å². The molecule has 21 heavy (non-hydrogen) atoms. The molecule has 7 heteroatoms. The first kappa shape index (κ1) is 21.0. The standard InChI is InChI=1S/C14H35N3O3Si/c1-14(16-11-10-15,9-12-17(2)3)8-7-13-21(18-4,19-5)20-6/h16H,7-13,15H2,1-6H3. The molecule has 0 aliphatic heterocycles. The molecular formula is C14H35N3O3Si. The average Bonchev–Trinajstić information content (AvgIpc) is 2.48. The molecule has 0 aromatic rings. The van der Waals surface area contributed by atoms with E-state index >= 15 is 0 Å². The topological polar surface area (TPSA) is 69.0 Å². The number of nitrogens with zero attached hydrogens (tertiary/aromatic N) is 1. The van der Waals surface area contributed by atoms with E-state index in [0.717, 1.165) is 38.4 Å². The molecule has 0 saturated heterocycles. The molecule has 0 saturated carbocycles. The molecule has 6 nitrogen and oxygen atoms in total. The maximum atomic E-state index is 5.63. The Hall–Kier alpha value is -0.0231. The van der Waals surface area contributed by atoms with Gasteiger partial charge in [-0.25, -0.2) is 0 Å².